The number of hydrogen-bond acceptors (Lipinski definition) is 7. The number of rotatable bonds is 6. The standard InChI is InChI=1S/C23H15BrN4O4/c24-17-8-10-21(32-23(29)20-7-3-5-15-4-1-2-6-19(15)20)16(12-17)13-26-27-22-11-9-18(14-25-22)28(30)31/h1-14H,(H,25,27)/b26-13-. The van der Waals surface area contributed by atoms with E-state index in [0.717, 1.165) is 21.4 Å². The van der Waals surface area contributed by atoms with Crippen molar-refractivity contribution in [3.8, 4) is 5.75 Å². The summed E-state index contributed by atoms with van der Waals surface area (Å²) in [4.78, 5) is 27.0. The lowest BCUT2D eigenvalue weighted by Gasteiger charge is -2.10. The number of carbonyl (C=O) groups excluding carboxylic acids is 1. The molecule has 4 rings (SSSR count). The van der Waals surface area contributed by atoms with Gasteiger partial charge >= 0.3 is 5.97 Å². The van der Waals surface area contributed by atoms with Crippen LogP contribution in [0.15, 0.2) is 88.6 Å². The van der Waals surface area contributed by atoms with E-state index in [1.165, 1.54) is 18.3 Å². The van der Waals surface area contributed by atoms with E-state index in [0.29, 0.717) is 22.7 Å². The fourth-order valence-electron chi connectivity index (χ4n) is 3.00. The number of anilines is 1. The molecule has 0 radical (unpaired) electrons. The van der Waals surface area contributed by atoms with Crippen molar-refractivity contribution in [1.29, 1.82) is 0 Å². The van der Waals surface area contributed by atoms with Gasteiger partial charge in [0.05, 0.1) is 16.7 Å². The number of nitro groups is 1. The number of aromatic nitrogens is 1. The molecule has 0 amide bonds. The van der Waals surface area contributed by atoms with Gasteiger partial charge in [-0.1, -0.05) is 52.3 Å². The molecule has 0 bridgehead atoms. The van der Waals surface area contributed by atoms with Crippen LogP contribution in [0.4, 0.5) is 11.5 Å². The Bertz CT molecular complexity index is 1330. The monoisotopic (exact) mass is 490 g/mol. The summed E-state index contributed by atoms with van der Waals surface area (Å²) in [5.41, 5.74) is 3.58. The van der Waals surface area contributed by atoms with E-state index in [9.17, 15) is 14.9 Å². The van der Waals surface area contributed by atoms with Crippen molar-refractivity contribution >= 4 is 50.4 Å². The Kier molecular flexibility index (Phi) is 6.18. The molecule has 0 saturated heterocycles. The Morgan fingerprint density at radius 3 is 2.69 bits per heavy atom. The topological polar surface area (TPSA) is 107 Å². The summed E-state index contributed by atoms with van der Waals surface area (Å²) in [5.74, 6) is 0.174. The number of fused-ring (bicyclic) bond motifs is 1. The number of esters is 1. The maximum atomic E-state index is 12.9. The zero-order valence-electron chi connectivity index (χ0n) is 16.4. The highest BCUT2D eigenvalue weighted by Crippen LogP contribution is 2.25. The van der Waals surface area contributed by atoms with Crippen molar-refractivity contribution in [3.05, 3.63) is 105 Å². The minimum Gasteiger partial charge on any atom is -0.422 e. The summed E-state index contributed by atoms with van der Waals surface area (Å²) in [7, 11) is 0. The highest BCUT2D eigenvalue weighted by Gasteiger charge is 2.14. The molecule has 32 heavy (non-hydrogen) atoms. The molecular weight excluding hydrogens is 476 g/mol. The van der Waals surface area contributed by atoms with E-state index < -0.39 is 10.9 Å². The van der Waals surface area contributed by atoms with Gasteiger partial charge in [0.1, 0.15) is 17.8 Å². The Hall–Kier alpha value is -4.11. The first kappa shape index (κ1) is 21.1. The van der Waals surface area contributed by atoms with Crippen molar-refractivity contribution in [2.24, 2.45) is 5.10 Å². The molecule has 1 heterocycles. The molecule has 0 unspecified atom stereocenters. The number of carbonyl (C=O) groups is 1. The molecule has 1 aromatic heterocycles. The van der Waals surface area contributed by atoms with Gasteiger partial charge in [-0.05, 0) is 41.1 Å². The summed E-state index contributed by atoms with van der Waals surface area (Å²) in [5, 5.41) is 16.6. The highest BCUT2D eigenvalue weighted by molar-refractivity contribution is 9.10. The van der Waals surface area contributed by atoms with Crippen molar-refractivity contribution in [1.82, 2.24) is 4.98 Å². The van der Waals surface area contributed by atoms with E-state index in [4.69, 9.17) is 4.74 Å². The molecule has 0 aliphatic heterocycles. The molecule has 9 heteroatoms. The third-order valence-electron chi connectivity index (χ3n) is 4.53. The second-order valence-electron chi connectivity index (χ2n) is 6.63. The normalized spacial score (nSPS) is 10.9. The summed E-state index contributed by atoms with van der Waals surface area (Å²) in [6, 6.07) is 21.0. The maximum Gasteiger partial charge on any atom is 0.344 e. The third-order valence-corrected chi connectivity index (χ3v) is 5.02. The Labute approximate surface area is 190 Å². The van der Waals surface area contributed by atoms with Crippen molar-refractivity contribution in [2.75, 3.05) is 5.43 Å². The van der Waals surface area contributed by atoms with Crippen LogP contribution in [0.1, 0.15) is 15.9 Å². The van der Waals surface area contributed by atoms with E-state index in [-0.39, 0.29) is 5.69 Å². The van der Waals surface area contributed by atoms with Crippen LogP contribution in [0.3, 0.4) is 0 Å². The zero-order valence-corrected chi connectivity index (χ0v) is 18.0. The van der Waals surface area contributed by atoms with Gasteiger partial charge in [0, 0.05) is 16.1 Å². The van der Waals surface area contributed by atoms with E-state index in [1.54, 1.807) is 24.3 Å². The fourth-order valence-corrected chi connectivity index (χ4v) is 3.38. The fraction of sp³-hybridized carbons (Fsp3) is 0. The second kappa shape index (κ2) is 9.36. The quantitative estimate of drug-likeness (QED) is 0.124. The number of pyridine rings is 1. The number of hydrogen-bond donors (Lipinski definition) is 1. The summed E-state index contributed by atoms with van der Waals surface area (Å²) in [6.07, 6.45) is 2.61. The van der Waals surface area contributed by atoms with Gasteiger partial charge in [-0.2, -0.15) is 5.10 Å². The summed E-state index contributed by atoms with van der Waals surface area (Å²) in [6.45, 7) is 0. The lowest BCUT2D eigenvalue weighted by molar-refractivity contribution is -0.385. The molecule has 0 aliphatic rings. The SMILES string of the molecule is O=C(Oc1ccc(Br)cc1/C=N\Nc1ccc([N+](=O)[O-])cn1)c1cccc2ccccc12. The van der Waals surface area contributed by atoms with Gasteiger partial charge in [0.2, 0.25) is 0 Å². The number of nitrogens with zero attached hydrogens (tertiary/aromatic N) is 3. The van der Waals surface area contributed by atoms with Gasteiger partial charge in [0.25, 0.3) is 5.69 Å². The lowest BCUT2D eigenvalue weighted by Crippen LogP contribution is -2.10. The van der Waals surface area contributed by atoms with Gasteiger partial charge in [0.15, 0.2) is 0 Å². The molecule has 0 saturated carbocycles. The maximum absolute atomic E-state index is 12.9. The van der Waals surface area contributed by atoms with Crippen LogP contribution in [-0.2, 0) is 0 Å². The molecule has 158 valence electrons. The molecule has 0 fully saturated rings. The largest absolute Gasteiger partial charge is 0.422 e. The number of nitrogens with one attached hydrogen (secondary N) is 1. The molecule has 3 aromatic carbocycles. The number of hydrazone groups is 1. The van der Waals surface area contributed by atoms with Gasteiger partial charge < -0.3 is 4.74 Å². The van der Waals surface area contributed by atoms with Crippen LogP contribution in [-0.4, -0.2) is 22.1 Å². The van der Waals surface area contributed by atoms with Crippen LogP contribution in [0.25, 0.3) is 10.8 Å². The summed E-state index contributed by atoms with van der Waals surface area (Å²) < 4.78 is 6.45. The Morgan fingerprint density at radius 1 is 1.09 bits per heavy atom. The molecule has 0 aliphatic carbocycles. The van der Waals surface area contributed by atoms with Crippen molar-refractivity contribution in [3.63, 3.8) is 0 Å². The lowest BCUT2D eigenvalue weighted by atomic mass is 10.0. The second-order valence-corrected chi connectivity index (χ2v) is 7.54. The van der Waals surface area contributed by atoms with Crippen LogP contribution >= 0.6 is 15.9 Å². The third kappa shape index (κ3) is 4.79. The molecule has 1 N–H and O–H groups in total. The smallest absolute Gasteiger partial charge is 0.344 e. The van der Waals surface area contributed by atoms with Gasteiger partial charge in [-0.15, -0.1) is 0 Å². The zero-order chi connectivity index (χ0) is 22.5. The van der Waals surface area contributed by atoms with Crippen molar-refractivity contribution in [2.45, 2.75) is 0 Å². The first-order valence-electron chi connectivity index (χ1n) is 9.40. The number of benzene rings is 3. The average molecular weight is 491 g/mol. The van der Waals surface area contributed by atoms with Gasteiger partial charge in [-0.25, -0.2) is 9.78 Å². The molecule has 0 spiro atoms. The Morgan fingerprint density at radius 2 is 1.91 bits per heavy atom. The average Bonchev–Trinajstić information content (AvgIpc) is 2.80. The van der Waals surface area contributed by atoms with Crippen LogP contribution < -0.4 is 10.2 Å². The van der Waals surface area contributed by atoms with Crippen LogP contribution in [0, 0.1) is 10.1 Å². The first-order valence-corrected chi connectivity index (χ1v) is 10.2. The minimum absolute atomic E-state index is 0.117. The predicted molar refractivity (Wildman–Crippen MR) is 125 cm³/mol. The summed E-state index contributed by atoms with van der Waals surface area (Å²) >= 11 is 3.40. The Balaban J connectivity index is 1.54. The van der Waals surface area contributed by atoms with Gasteiger partial charge in [-0.3, -0.25) is 15.5 Å². The molecule has 4 aromatic rings. The number of ether oxygens (including phenoxy) is 1. The van der Waals surface area contributed by atoms with Crippen LogP contribution in [0.2, 0.25) is 0 Å². The molecular formula is C23H15BrN4O4. The number of halogens is 1. The first-order chi connectivity index (χ1) is 15.5. The minimum atomic E-state index is -0.530. The van der Waals surface area contributed by atoms with Crippen LogP contribution in [0.5, 0.6) is 5.75 Å². The van der Waals surface area contributed by atoms with Crippen molar-refractivity contribution < 1.29 is 14.5 Å². The molecule has 0 atom stereocenters. The van der Waals surface area contributed by atoms with E-state index >= 15 is 0 Å². The predicted octanol–water partition coefficient (Wildman–Crippen LogP) is 5.57. The van der Waals surface area contributed by atoms with E-state index in [1.807, 2.05) is 36.4 Å². The van der Waals surface area contributed by atoms with E-state index in [2.05, 4.69) is 31.4 Å². The molecule has 8 nitrogen and oxygen atoms in total. The highest BCUT2D eigenvalue weighted by atomic mass is 79.9.